The van der Waals surface area contributed by atoms with E-state index >= 15 is 0 Å². The molecule has 0 unspecified atom stereocenters. The number of hydrogen-bond acceptors (Lipinski definition) is 10. The first-order valence-corrected chi connectivity index (χ1v) is 12.8. The van der Waals surface area contributed by atoms with Crippen LogP contribution in [0.15, 0.2) is 5.11 Å². The van der Waals surface area contributed by atoms with Crippen molar-refractivity contribution in [3.05, 3.63) is 10.4 Å². The van der Waals surface area contributed by atoms with Gasteiger partial charge in [0.1, 0.15) is 11.2 Å². The number of esters is 2. The van der Waals surface area contributed by atoms with Crippen LogP contribution in [0, 0.1) is 0 Å². The standard InChI is InChI=1S/C11H22O6S.C10H19N3O3/c1-11(2,3)17-10(12)6-5-7-15-8-9-16-18(4,13)14;1-10(2,3)16-9(14)5-4-7-15-8-6-12-13-11/h5-9H2,1-4H3;4-8H2,1-3H3. The van der Waals surface area contributed by atoms with Crippen molar-refractivity contribution in [1.29, 1.82) is 0 Å². The summed E-state index contributed by atoms with van der Waals surface area (Å²) in [5.41, 5.74) is 7.09. The predicted octanol–water partition coefficient (Wildman–Crippen LogP) is 3.54. The van der Waals surface area contributed by atoms with Gasteiger partial charge in [-0.1, -0.05) is 5.11 Å². The summed E-state index contributed by atoms with van der Waals surface area (Å²) in [7, 11) is -3.40. The molecular formula is C21H41N3O9S. The van der Waals surface area contributed by atoms with E-state index in [0.717, 1.165) is 6.26 Å². The van der Waals surface area contributed by atoms with Gasteiger partial charge in [0.2, 0.25) is 0 Å². The Hall–Kier alpha value is -1.92. The van der Waals surface area contributed by atoms with Gasteiger partial charge in [0.05, 0.1) is 26.1 Å². The van der Waals surface area contributed by atoms with E-state index in [1.807, 2.05) is 41.5 Å². The number of rotatable bonds is 15. The van der Waals surface area contributed by atoms with Crippen LogP contribution in [0.2, 0.25) is 0 Å². The molecule has 34 heavy (non-hydrogen) atoms. The summed E-state index contributed by atoms with van der Waals surface area (Å²) in [6, 6.07) is 0. The molecule has 0 saturated carbocycles. The molecule has 200 valence electrons. The minimum atomic E-state index is -3.40. The predicted molar refractivity (Wildman–Crippen MR) is 127 cm³/mol. The molecule has 0 heterocycles. The molecular weight excluding hydrogens is 470 g/mol. The van der Waals surface area contributed by atoms with E-state index in [1.165, 1.54) is 0 Å². The second kappa shape index (κ2) is 18.4. The highest BCUT2D eigenvalue weighted by Gasteiger charge is 2.16. The zero-order valence-corrected chi connectivity index (χ0v) is 22.3. The first-order chi connectivity index (χ1) is 15.6. The molecule has 0 aliphatic heterocycles. The Balaban J connectivity index is 0. The monoisotopic (exact) mass is 511 g/mol. The van der Waals surface area contributed by atoms with Gasteiger partial charge in [0, 0.05) is 37.5 Å². The minimum absolute atomic E-state index is 0.00866. The Labute approximate surface area is 203 Å². The zero-order chi connectivity index (χ0) is 26.7. The lowest BCUT2D eigenvalue weighted by atomic mass is 10.2. The normalized spacial score (nSPS) is 11.6. The summed E-state index contributed by atoms with van der Waals surface area (Å²) >= 11 is 0. The summed E-state index contributed by atoms with van der Waals surface area (Å²) in [5.74, 6) is -0.482. The first-order valence-electron chi connectivity index (χ1n) is 11.0. The van der Waals surface area contributed by atoms with Crippen molar-refractivity contribution in [2.75, 3.05) is 45.8 Å². The van der Waals surface area contributed by atoms with Crippen molar-refractivity contribution < 1.29 is 41.1 Å². The molecule has 0 aliphatic carbocycles. The van der Waals surface area contributed by atoms with Crippen molar-refractivity contribution in [1.82, 2.24) is 0 Å². The average Bonchev–Trinajstić information content (AvgIpc) is 2.63. The largest absolute Gasteiger partial charge is 0.460 e. The summed E-state index contributed by atoms with van der Waals surface area (Å²) in [4.78, 5) is 25.1. The maximum absolute atomic E-state index is 11.3. The van der Waals surface area contributed by atoms with Gasteiger partial charge in [-0.2, -0.15) is 8.42 Å². The van der Waals surface area contributed by atoms with Crippen LogP contribution < -0.4 is 0 Å². The van der Waals surface area contributed by atoms with Gasteiger partial charge in [0.15, 0.2) is 0 Å². The highest BCUT2D eigenvalue weighted by atomic mass is 32.2. The van der Waals surface area contributed by atoms with Crippen LogP contribution in [0.3, 0.4) is 0 Å². The Kier molecular flexibility index (Phi) is 18.5. The SMILES string of the molecule is CC(C)(C)OC(=O)CCCOCCN=[N+]=[N-].CC(C)(C)OC(=O)CCCOCCOS(C)(=O)=O. The van der Waals surface area contributed by atoms with Crippen LogP contribution in [0.25, 0.3) is 10.4 Å². The van der Waals surface area contributed by atoms with Gasteiger partial charge >= 0.3 is 11.9 Å². The summed E-state index contributed by atoms with van der Waals surface area (Å²) in [5, 5.41) is 3.32. The summed E-state index contributed by atoms with van der Waals surface area (Å²) in [6.07, 6.45) is 2.76. The number of carbonyl (C=O) groups is 2. The first kappa shape index (κ1) is 34.2. The fourth-order valence-corrected chi connectivity index (χ4v) is 2.39. The number of hydrogen-bond donors (Lipinski definition) is 0. The molecule has 0 radical (unpaired) electrons. The zero-order valence-electron chi connectivity index (χ0n) is 21.5. The lowest BCUT2D eigenvalue weighted by Gasteiger charge is -2.19. The lowest BCUT2D eigenvalue weighted by molar-refractivity contribution is -0.156. The van der Waals surface area contributed by atoms with Crippen molar-refractivity contribution >= 4 is 22.1 Å². The van der Waals surface area contributed by atoms with E-state index in [2.05, 4.69) is 14.2 Å². The van der Waals surface area contributed by atoms with Gasteiger partial charge in [-0.3, -0.25) is 13.8 Å². The van der Waals surface area contributed by atoms with Crippen LogP contribution in [-0.2, 0) is 42.8 Å². The molecule has 0 aromatic carbocycles. The third-order valence-corrected chi connectivity index (χ3v) is 3.70. The topological polar surface area (TPSA) is 163 Å². The van der Waals surface area contributed by atoms with E-state index in [4.69, 9.17) is 24.5 Å². The third kappa shape index (κ3) is 32.3. The molecule has 0 fully saturated rings. The number of azide groups is 1. The molecule has 0 bridgehead atoms. The molecule has 0 aliphatic rings. The van der Waals surface area contributed by atoms with Crippen LogP contribution in [0.4, 0.5) is 0 Å². The molecule has 0 atom stereocenters. The van der Waals surface area contributed by atoms with Crippen LogP contribution >= 0.6 is 0 Å². The molecule has 0 aromatic rings. The highest BCUT2D eigenvalue weighted by molar-refractivity contribution is 7.85. The van der Waals surface area contributed by atoms with Crippen LogP contribution in [0.1, 0.15) is 67.2 Å². The maximum Gasteiger partial charge on any atom is 0.306 e. The van der Waals surface area contributed by atoms with Gasteiger partial charge in [0.25, 0.3) is 10.1 Å². The molecule has 13 heteroatoms. The second-order valence-corrected chi connectivity index (χ2v) is 10.7. The number of nitrogens with zero attached hydrogens (tertiary/aromatic N) is 3. The van der Waals surface area contributed by atoms with Crippen molar-refractivity contribution in [2.24, 2.45) is 5.11 Å². The molecule has 12 nitrogen and oxygen atoms in total. The average molecular weight is 512 g/mol. The van der Waals surface area contributed by atoms with Crippen LogP contribution in [-0.4, -0.2) is 77.4 Å². The van der Waals surface area contributed by atoms with Gasteiger partial charge in [-0.25, -0.2) is 0 Å². The molecule has 0 rings (SSSR count). The van der Waals surface area contributed by atoms with E-state index in [0.29, 0.717) is 45.6 Å². The van der Waals surface area contributed by atoms with Gasteiger partial charge < -0.3 is 18.9 Å². The van der Waals surface area contributed by atoms with E-state index < -0.39 is 21.3 Å². The summed E-state index contributed by atoms with van der Waals surface area (Å²) < 4.78 is 46.2. The molecule has 0 saturated heterocycles. The fraction of sp³-hybridized carbons (Fsp3) is 0.905. The Morgan fingerprint density at radius 1 is 0.794 bits per heavy atom. The minimum Gasteiger partial charge on any atom is -0.460 e. The second-order valence-electron chi connectivity index (χ2n) is 9.09. The van der Waals surface area contributed by atoms with Gasteiger partial charge in [-0.05, 0) is 59.9 Å². The maximum atomic E-state index is 11.3. The van der Waals surface area contributed by atoms with E-state index in [1.54, 1.807) is 0 Å². The Bertz CT molecular complexity index is 723. The third-order valence-electron chi connectivity index (χ3n) is 3.10. The van der Waals surface area contributed by atoms with Gasteiger partial charge in [-0.15, -0.1) is 0 Å². The highest BCUT2D eigenvalue weighted by Crippen LogP contribution is 2.09. The van der Waals surface area contributed by atoms with Crippen molar-refractivity contribution in [3.63, 3.8) is 0 Å². The quantitative estimate of drug-likeness (QED) is 0.0798. The van der Waals surface area contributed by atoms with Crippen molar-refractivity contribution in [2.45, 2.75) is 78.4 Å². The van der Waals surface area contributed by atoms with Crippen molar-refractivity contribution in [3.8, 4) is 0 Å². The number of carbonyl (C=O) groups excluding carboxylic acids is 2. The Morgan fingerprint density at radius 2 is 1.24 bits per heavy atom. The molecule has 0 spiro atoms. The number of ether oxygens (including phenoxy) is 4. The smallest absolute Gasteiger partial charge is 0.306 e. The molecule has 0 aromatic heterocycles. The van der Waals surface area contributed by atoms with E-state index in [-0.39, 0.29) is 31.6 Å². The summed E-state index contributed by atoms with van der Waals surface area (Å²) in [6.45, 7) is 12.7. The molecule has 0 amide bonds. The van der Waals surface area contributed by atoms with E-state index in [9.17, 15) is 18.0 Å². The fourth-order valence-electron chi connectivity index (χ4n) is 2.02. The lowest BCUT2D eigenvalue weighted by Crippen LogP contribution is -2.23. The Morgan fingerprint density at radius 3 is 1.62 bits per heavy atom. The molecule has 0 N–H and O–H groups in total. The van der Waals surface area contributed by atoms with Crippen LogP contribution in [0.5, 0.6) is 0 Å².